The molecule has 2 atom stereocenters. The van der Waals surface area contributed by atoms with Crippen LogP contribution in [0.2, 0.25) is 5.02 Å². The third kappa shape index (κ3) is 8.35. The van der Waals surface area contributed by atoms with Crippen molar-refractivity contribution in [2.75, 3.05) is 41.6 Å². The third-order valence-corrected chi connectivity index (χ3v) is 11.7. The number of fused-ring (bicyclic) bond motifs is 1. The lowest BCUT2D eigenvalue weighted by Crippen LogP contribution is -2.47. The highest BCUT2D eigenvalue weighted by molar-refractivity contribution is 6.36. The number of benzene rings is 3. The zero-order valence-corrected chi connectivity index (χ0v) is 33.1. The molecular weight excluding hydrogens is 734 g/mol. The third-order valence-electron chi connectivity index (χ3n) is 11.3. The van der Waals surface area contributed by atoms with Crippen LogP contribution in [-0.2, 0) is 22.6 Å². The van der Waals surface area contributed by atoms with Gasteiger partial charge in [0.1, 0.15) is 11.5 Å². The highest BCUT2D eigenvalue weighted by atomic mass is 35.5. The van der Waals surface area contributed by atoms with E-state index in [2.05, 4.69) is 10.2 Å². The molecule has 296 valence electrons. The van der Waals surface area contributed by atoms with Gasteiger partial charge in [-0.1, -0.05) is 48.0 Å². The van der Waals surface area contributed by atoms with Gasteiger partial charge in [0.15, 0.2) is 0 Å². The summed E-state index contributed by atoms with van der Waals surface area (Å²) in [5.41, 5.74) is 6.75. The van der Waals surface area contributed by atoms with Crippen LogP contribution in [0, 0.1) is 5.92 Å². The van der Waals surface area contributed by atoms with Crippen molar-refractivity contribution < 1.29 is 34.0 Å². The van der Waals surface area contributed by atoms with Gasteiger partial charge in [0, 0.05) is 72.4 Å². The van der Waals surface area contributed by atoms with E-state index in [-0.39, 0.29) is 18.4 Å². The number of aliphatic hydroxyl groups excluding tert-OH is 1. The summed E-state index contributed by atoms with van der Waals surface area (Å²) in [4.78, 5) is 18.1. The molecular formula is C43H50ClN5O7. The minimum atomic E-state index is -0.717. The van der Waals surface area contributed by atoms with Crippen LogP contribution in [0.1, 0.15) is 49.7 Å². The number of aromatic nitrogens is 3. The Balaban J connectivity index is 1.13. The molecule has 13 heteroatoms. The molecule has 0 amide bonds. The molecule has 0 unspecified atom stereocenters. The molecule has 1 saturated heterocycles. The molecule has 0 bridgehead atoms. The Labute approximate surface area is 332 Å². The lowest BCUT2D eigenvalue weighted by Gasteiger charge is -2.35. The Kier molecular flexibility index (Phi) is 12.4. The molecule has 3 heterocycles. The first-order valence-corrected chi connectivity index (χ1v) is 19.5. The molecule has 3 aromatic carbocycles. The number of methoxy groups -OCH3 is 3. The van der Waals surface area contributed by atoms with Gasteiger partial charge >= 0.3 is 5.97 Å². The minimum absolute atomic E-state index is 0.0359. The standard InChI is InChI=1S/C43H50ClN5O7/c1-48(37-17-18-56-25-38(37)50)24-34-39(53-2)20-29(21-40(34)54-3)49-36-10-6-7-30(33(36)23-46-49)31-8-5-9-32(42(31)44)35-16-13-27(43(47-35)55-4)22-45-28-14-11-26(12-15-28)19-41(51)52/h5-10,13,16,20-21,23,26,28,37-38,45,50H,11-12,14-15,17-19,22,24-25H2,1-4H3,(H,51,52)/t26?,28?,37-,38+/m1/s1. The van der Waals surface area contributed by atoms with Gasteiger partial charge in [0.05, 0.1) is 67.7 Å². The molecule has 56 heavy (non-hydrogen) atoms. The highest BCUT2D eigenvalue weighted by Gasteiger charge is 2.29. The molecule has 1 aliphatic carbocycles. The lowest BCUT2D eigenvalue weighted by atomic mass is 9.84. The highest BCUT2D eigenvalue weighted by Crippen LogP contribution is 2.41. The number of aliphatic carboxylic acids is 1. The summed E-state index contributed by atoms with van der Waals surface area (Å²) in [5, 5.41) is 29.7. The fourth-order valence-corrected chi connectivity index (χ4v) is 8.60. The van der Waals surface area contributed by atoms with E-state index >= 15 is 0 Å². The molecule has 0 spiro atoms. The monoisotopic (exact) mass is 783 g/mol. The number of hydrogen-bond donors (Lipinski definition) is 3. The van der Waals surface area contributed by atoms with Crippen molar-refractivity contribution in [1.29, 1.82) is 0 Å². The molecule has 5 aromatic rings. The number of ether oxygens (including phenoxy) is 4. The zero-order valence-electron chi connectivity index (χ0n) is 32.3. The maximum atomic E-state index is 11.1. The van der Waals surface area contributed by atoms with Crippen LogP contribution in [0.4, 0.5) is 0 Å². The largest absolute Gasteiger partial charge is 0.496 e. The fraction of sp³-hybridized carbons (Fsp3) is 0.419. The minimum Gasteiger partial charge on any atom is -0.496 e. The number of hydrogen-bond acceptors (Lipinski definition) is 10. The van der Waals surface area contributed by atoms with Crippen LogP contribution in [0.5, 0.6) is 17.4 Å². The number of aliphatic hydroxyl groups is 1. The van der Waals surface area contributed by atoms with Crippen molar-refractivity contribution in [3.8, 4) is 45.5 Å². The predicted molar refractivity (Wildman–Crippen MR) is 216 cm³/mol. The van der Waals surface area contributed by atoms with Gasteiger partial charge in [-0.3, -0.25) is 9.69 Å². The number of halogens is 1. The van der Waals surface area contributed by atoms with Gasteiger partial charge in [-0.25, -0.2) is 9.67 Å². The number of nitrogens with zero attached hydrogens (tertiary/aromatic N) is 4. The van der Waals surface area contributed by atoms with E-state index in [1.54, 1.807) is 21.3 Å². The molecule has 7 rings (SSSR count). The van der Waals surface area contributed by atoms with Gasteiger partial charge in [0.2, 0.25) is 5.88 Å². The molecule has 2 aromatic heterocycles. The first-order valence-electron chi connectivity index (χ1n) is 19.1. The smallest absolute Gasteiger partial charge is 0.303 e. The van der Waals surface area contributed by atoms with Crippen LogP contribution >= 0.6 is 11.6 Å². The zero-order chi connectivity index (χ0) is 39.3. The van der Waals surface area contributed by atoms with Crippen molar-refractivity contribution in [3.63, 3.8) is 0 Å². The SMILES string of the molecule is COc1cc(-n2ncc3c(-c4cccc(-c5ccc(CNC6CCC(CC(=O)O)CC6)c(OC)n5)c4Cl)cccc32)cc(OC)c1CN(C)[C@@H]1CCOC[C@@H]1O. The van der Waals surface area contributed by atoms with E-state index in [1.165, 1.54) is 0 Å². The summed E-state index contributed by atoms with van der Waals surface area (Å²) in [7, 11) is 6.91. The Morgan fingerprint density at radius 1 is 0.964 bits per heavy atom. The summed E-state index contributed by atoms with van der Waals surface area (Å²) in [6.45, 7) is 2.06. The molecule has 2 aliphatic rings. The molecule has 3 N–H and O–H groups in total. The quantitative estimate of drug-likeness (QED) is 0.106. The first kappa shape index (κ1) is 39.5. The number of rotatable bonds is 14. The predicted octanol–water partition coefficient (Wildman–Crippen LogP) is 7.14. The fourth-order valence-electron chi connectivity index (χ4n) is 8.27. The number of carbonyl (C=O) groups is 1. The van der Waals surface area contributed by atoms with Crippen LogP contribution in [-0.4, -0.2) is 95.6 Å². The Morgan fingerprint density at radius 2 is 1.68 bits per heavy atom. The van der Waals surface area contributed by atoms with Crippen molar-refractivity contribution >= 4 is 28.5 Å². The molecule has 12 nitrogen and oxygen atoms in total. The Hall–Kier alpha value is -4.72. The number of nitrogens with one attached hydrogen (secondary N) is 1. The number of carboxylic acid groups (broad SMARTS) is 1. The summed E-state index contributed by atoms with van der Waals surface area (Å²) in [5.74, 6) is 1.39. The first-order chi connectivity index (χ1) is 27.2. The topological polar surface area (TPSA) is 140 Å². The number of pyridine rings is 1. The van der Waals surface area contributed by atoms with Crippen molar-refractivity contribution in [2.45, 2.75) is 69.8 Å². The second-order valence-electron chi connectivity index (χ2n) is 14.8. The van der Waals surface area contributed by atoms with Gasteiger partial charge < -0.3 is 34.5 Å². The van der Waals surface area contributed by atoms with Crippen LogP contribution in [0.3, 0.4) is 0 Å². The van der Waals surface area contributed by atoms with Gasteiger partial charge in [0.25, 0.3) is 0 Å². The van der Waals surface area contributed by atoms with Gasteiger partial charge in [-0.2, -0.15) is 5.10 Å². The number of carboxylic acids is 1. The Bertz CT molecular complexity index is 2140. The maximum Gasteiger partial charge on any atom is 0.303 e. The van der Waals surface area contributed by atoms with Crippen LogP contribution < -0.4 is 19.5 Å². The normalized spacial score (nSPS) is 20.0. The second kappa shape index (κ2) is 17.6. The van der Waals surface area contributed by atoms with E-state index in [9.17, 15) is 9.90 Å². The summed E-state index contributed by atoms with van der Waals surface area (Å²) >= 11 is 7.23. The van der Waals surface area contributed by atoms with Crippen LogP contribution in [0.15, 0.2) is 66.9 Å². The van der Waals surface area contributed by atoms with E-state index in [0.717, 1.165) is 76.5 Å². The van der Waals surface area contributed by atoms with Crippen molar-refractivity contribution in [2.24, 2.45) is 5.92 Å². The van der Waals surface area contributed by atoms with E-state index in [0.29, 0.717) is 60.4 Å². The van der Waals surface area contributed by atoms with E-state index in [1.807, 2.05) is 78.6 Å². The summed E-state index contributed by atoms with van der Waals surface area (Å²) in [6.07, 6.45) is 6.02. The van der Waals surface area contributed by atoms with Gasteiger partial charge in [-0.15, -0.1) is 0 Å². The second-order valence-corrected chi connectivity index (χ2v) is 15.1. The molecule has 1 saturated carbocycles. The lowest BCUT2D eigenvalue weighted by molar-refractivity contribution is -0.138. The van der Waals surface area contributed by atoms with Gasteiger partial charge in [-0.05, 0) is 62.8 Å². The summed E-state index contributed by atoms with van der Waals surface area (Å²) in [6, 6.07) is 20.2. The van der Waals surface area contributed by atoms with Crippen molar-refractivity contribution in [1.82, 2.24) is 25.0 Å². The average molecular weight is 784 g/mol. The summed E-state index contributed by atoms with van der Waals surface area (Å²) < 4.78 is 24.9. The maximum absolute atomic E-state index is 11.1. The number of likely N-dealkylation sites (N-methyl/N-ethyl adjacent to an activating group) is 1. The molecule has 0 radical (unpaired) electrons. The molecule has 1 aliphatic heterocycles. The van der Waals surface area contributed by atoms with E-state index < -0.39 is 12.1 Å². The van der Waals surface area contributed by atoms with Crippen molar-refractivity contribution in [3.05, 3.63) is 83.0 Å². The average Bonchev–Trinajstić information content (AvgIpc) is 3.65. The Morgan fingerprint density at radius 3 is 2.38 bits per heavy atom. The van der Waals surface area contributed by atoms with E-state index in [4.69, 9.17) is 45.7 Å². The van der Waals surface area contributed by atoms with Crippen LogP contribution in [0.25, 0.3) is 39.0 Å². The molecule has 2 fully saturated rings.